The number of para-hydroxylation sites is 2. The minimum absolute atomic E-state index is 0.0609. The lowest BCUT2D eigenvalue weighted by molar-refractivity contribution is -0.131. The van der Waals surface area contributed by atoms with E-state index in [-0.39, 0.29) is 29.3 Å². The number of carbonyl (C=O) groups excluding carboxylic acids is 2. The van der Waals surface area contributed by atoms with Crippen LogP contribution in [0.5, 0.6) is 0 Å². The first-order valence-corrected chi connectivity index (χ1v) is 10.7. The summed E-state index contributed by atoms with van der Waals surface area (Å²) >= 11 is 7.15. The molecule has 0 saturated heterocycles. The lowest BCUT2D eigenvalue weighted by atomic mass is 10.2. The topological polar surface area (TPSA) is 104 Å². The van der Waals surface area contributed by atoms with Gasteiger partial charge in [0.15, 0.2) is 0 Å². The summed E-state index contributed by atoms with van der Waals surface area (Å²) < 4.78 is 5.70. The summed E-state index contributed by atoms with van der Waals surface area (Å²) in [4.78, 5) is 29.1. The summed E-state index contributed by atoms with van der Waals surface area (Å²) in [6.07, 6.45) is 1.81. The van der Waals surface area contributed by atoms with Gasteiger partial charge in [-0.1, -0.05) is 53.7 Å². The molecule has 4 aromatic rings. The van der Waals surface area contributed by atoms with E-state index in [0.717, 1.165) is 28.2 Å². The number of nitrogens with zero attached hydrogens (tertiary/aromatic N) is 3. The molecule has 10 heteroatoms. The number of H-pyrrole nitrogens is 1. The highest BCUT2D eigenvalue weighted by Crippen LogP contribution is 2.29. The Kier molecular flexibility index (Phi) is 6.24. The standard InChI is InChI=1S/C21H18ClN5O3S/c1-27(11-18(28)24-17-9-5-3-7-15(17)22)19(29)12-31-21-26-25-20(30-21)14-10-23-16-8-4-2-6-13(14)16/h2-10,23H,11-12H2,1H3,(H,24,28). The highest BCUT2D eigenvalue weighted by atomic mass is 35.5. The van der Waals surface area contributed by atoms with Crippen molar-refractivity contribution in [3.05, 3.63) is 59.8 Å². The van der Waals surface area contributed by atoms with Crippen LogP contribution in [-0.4, -0.2) is 51.2 Å². The molecule has 0 fully saturated rings. The van der Waals surface area contributed by atoms with Crippen LogP contribution in [0.25, 0.3) is 22.4 Å². The Labute approximate surface area is 187 Å². The van der Waals surface area contributed by atoms with Crippen molar-refractivity contribution in [1.82, 2.24) is 20.1 Å². The number of anilines is 1. The van der Waals surface area contributed by atoms with E-state index < -0.39 is 0 Å². The van der Waals surface area contributed by atoms with Crippen molar-refractivity contribution in [2.75, 3.05) is 24.7 Å². The van der Waals surface area contributed by atoms with E-state index >= 15 is 0 Å². The first-order chi connectivity index (χ1) is 15.0. The van der Waals surface area contributed by atoms with Gasteiger partial charge in [0.1, 0.15) is 0 Å². The number of carbonyl (C=O) groups is 2. The van der Waals surface area contributed by atoms with Gasteiger partial charge in [-0.3, -0.25) is 9.59 Å². The van der Waals surface area contributed by atoms with Gasteiger partial charge in [-0.2, -0.15) is 0 Å². The number of thioether (sulfide) groups is 1. The molecule has 0 aliphatic heterocycles. The predicted molar refractivity (Wildman–Crippen MR) is 120 cm³/mol. The average molecular weight is 456 g/mol. The predicted octanol–water partition coefficient (Wildman–Crippen LogP) is 4.06. The fourth-order valence-electron chi connectivity index (χ4n) is 2.91. The summed E-state index contributed by atoms with van der Waals surface area (Å²) in [5, 5.41) is 12.5. The van der Waals surface area contributed by atoms with Crippen LogP contribution >= 0.6 is 23.4 Å². The SMILES string of the molecule is CN(CC(=O)Nc1ccccc1Cl)C(=O)CSc1nnc(-c2c[nH]c3ccccc23)o1. The van der Waals surface area contributed by atoms with Gasteiger partial charge in [0.2, 0.25) is 11.8 Å². The maximum atomic E-state index is 12.4. The molecule has 31 heavy (non-hydrogen) atoms. The third kappa shape index (κ3) is 4.89. The second-order valence-electron chi connectivity index (χ2n) is 6.69. The second kappa shape index (κ2) is 9.23. The molecule has 0 aliphatic carbocycles. The lowest BCUT2D eigenvalue weighted by Gasteiger charge is -2.16. The van der Waals surface area contributed by atoms with Crippen molar-refractivity contribution in [2.24, 2.45) is 0 Å². The van der Waals surface area contributed by atoms with Crippen LogP contribution in [-0.2, 0) is 9.59 Å². The smallest absolute Gasteiger partial charge is 0.277 e. The van der Waals surface area contributed by atoms with Crippen molar-refractivity contribution in [3.8, 4) is 11.5 Å². The van der Waals surface area contributed by atoms with Gasteiger partial charge in [-0.05, 0) is 18.2 Å². The van der Waals surface area contributed by atoms with E-state index in [1.807, 2.05) is 30.5 Å². The van der Waals surface area contributed by atoms with Crippen molar-refractivity contribution < 1.29 is 14.0 Å². The zero-order chi connectivity index (χ0) is 21.8. The van der Waals surface area contributed by atoms with Crippen molar-refractivity contribution in [3.63, 3.8) is 0 Å². The molecule has 0 spiro atoms. The molecule has 158 valence electrons. The molecule has 0 unspecified atom stereocenters. The molecule has 0 atom stereocenters. The van der Waals surface area contributed by atoms with Gasteiger partial charge in [0.25, 0.3) is 11.1 Å². The number of amides is 2. The van der Waals surface area contributed by atoms with Gasteiger partial charge in [-0.25, -0.2) is 0 Å². The first-order valence-electron chi connectivity index (χ1n) is 9.32. The number of hydrogen-bond donors (Lipinski definition) is 2. The van der Waals surface area contributed by atoms with Crippen LogP contribution in [0.2, 0.25) is 5.02 Å². The van der Waals surface area contributed by atoms with E-state index in [9.17, 15) is 9.59 Å². The van der Waals surface area contributed by atoms with Gasteiger partial charge in [0, 0.05) is 24.1 Å². The quantitative estimate of drug-likeness (QED) is 0.407. The van der Waals surface area contributed by atoms with Crippen LogP contribution < -0.4 is 5.32 Å². The minimum atomic E-state index is -0.339. The van der Waals surface area contributed by atoms with Crippen LogP contribution in [0, 0.1) is 0 Å². The van der Waals surface area contributed by atoms with Gasteiger partial charge >= 0.3 is 0 Å². The number of likely N-dealkylation sites (N-methyl/N-ethyl adjacent to an activating group) is 1. The van der Waals surface area contributed by atoms with Crippen LogP contribution in [0.3, 0.4) is 0 Å². The highest BCUT2D eigenvalue weighted by molar-refractivity contribution is 7.99. The van der Waals surface area contributed by atoms with Gasteiger partial charge in [0.05, 0.1) is 28.6 Å². The minimum Gasteiger partial charge on any atom is -0.411 e. The first kappa shape index (κ1) is 21.0. The third-order valence-electron chi connectivity index (χ3n) is 4.50. The highest BCUT2D eigenvalue weighted by Gasteiger charge is 2.17. The van der Waals surface area contributed by atoms with Gasteiger partial charge in [-0.15, -0.1) is 10.2 Å². The molecule has 0 aliphatic rings. The molecule has 4 rings (SSSR count). The number of benzene rings is 2. The molecule has 2 aromatic heterocycles. The Balaban J connectivity index is 1.31. The summed E-state index contributed by atoms with van der Waals surface area (Å²) in [7, 11) is 1.56. The molecule has 8 nitrogen and oxygen atoms in total. The number of rotatable bonds is 7. The Morgan fingerprint density at radius 1 is 1.16 bits per heavy atom. The number of aromatic amines is 1. The summed E-state index contributed by atoms with van der Waals surface area (Å²) in [5.74, 6) is -0.148. The van der Waals surface area contributed by atoms with Gasteiger partial charge < -0.3 is 19.6 Å². The maximum absolute atomic E-state index is 12.4. The van der Waals surface area contributed by atoms with Crippen LogP contribution in [0.4, 0.5) is 5.69 Å². The third-order valence-corrected chi connectivity index (χ3v) is 5.63. The Morgan fingerprint density at radius 2 is 1.94 bits per heavy atom. The zero-order valence-corrected chi connectivity index (χ0v) is 18.0. The van der Waals surface area contributed by atoms with Crippen LogP contribution in [0.1, 0.15) is 0 Å². The molecule has 2 N–H and O–H groups in total. The normalized spacial score (nSPS) is 10.9. The van der Waals surface area contributed by atoms with Crippen molar-refractivity contribution in [1.29, 1.82) is 0 Å². The number of fused-ring (bicyclic) bond motifs is 1. The van der Waals surface area contributed by atoms with E-state index in [2.05, 4.69) is 20.5 Å². The van der Waals surface area contributed by atoms with E-state index in [0.29, 0.717) is 16.6 Å². The average Bonchev–Trinajstić information content (AvgIpc) is 3.40. The summed E-state index contributed by atoms with van der Waals surface area (Å²) in [6.45, 7) is -0.102. The molecular weight excluding hydrogens is 438 g/mol. The fraction of sp³-hybridized carbons (Fsp3) is 0.143. The fourth-order valence-corrected chi connectivity index (χ4v) is 3.80. The summed E-state index contributed by atoms with van der Waals surface area (Å²) in [5.41, 5.74) is 2.27. The molecule has 0 radical (unpaired) electrons. The maximum Gasteiger partial charge on any atom is 0.277 e. The molecular formula is C21H18ClN5O3S. The Morgan fingerprint density at radius 3 is 2.77 bits per heavy atom. The van der Waals surface area contributed by atoms with E-state index in [1.54, 1.807) is 31.3 Å². The summed E-state index contributed by atoms with van der Waals surface area (Å²) in [6, 6.07) is 14.7. The molecule has 2 amide bonds. The van der Waals surface area contributed by atoms with E-state index in [4.69, 9.17) is 16.0 Å². The molecule has 2 aromatic carbocycles. The number of aromatic nitrogens is 3. The molecule has 2 heterocycles. The van der Waals surface area contributed by atoms with Crippen molar-refractivity contribution >= 4 is 51.8 Å². The number of nitrogens with one attached hydrogen (secondary N) is 2. The second-order valence-corrected chi connectivity index (χ2v) is 8.02. The van der Waals surface area contributed by atoms with Crippen molar-refractivity contribution in [2.45, 2.75) is 5.22 Å². The Bertz CT molecular complexity index is 1240. The lowest BCUT2D eigenvalue weighted by Crippen LogP contribution is -2.36. The zero-order valence-electron chi connectivity index (χ0n) is 16.5. The molecule has 0 saturated carbocycles. The van der Waals surface area contributed by atoms with Crippen LogP contribution in [0.15, 0.2) is 64.4 Å². The monoisotopic (exact) mass is 455 g/mol. The Hall–Kier alpha value is -3.30. The molecule has 0 bridgehead atoms. The largest absolute Gasteiger partial charge is 0.411 e. The number of halogens is 1. The van der Waals surface area contributed by atoms with E-state index in [1.165, 1.54) is 4.90 Å². The number of hydrogen-bond acceptors (Lipinski definition) is 6.